The number of aromatic nitrogens is 2. The monoisotopic (exact) mass is 284 g/mol. The van der Waals surface area contributed by atoms with Crippen LogP contribution >= 0.6 is 11.6 Å². The Hall–Kier alpha value is -2.17. The van der Waals surface area contributed by atoms with Gasteiger partial charge >= 0.3 is 0 Å². The van der Waals surface area contributed by atoms with E-state index in [1.165, 1.54) is 0 Å². The molecule has 0 saturated heterocycles. The number of benzene rings is 2. The van der Waals surface area contributed by atoms with Crippen molar-refractivity contribution >= 4 is 28.3 Å². The zero-order valence-corrected chi connectivity index (χ0v) is 11.6. The molecule has 1 aromatic heterocycles. The van der Waals surface area contributed by atoms with Crippen LogP contribution in [0, 0.1) is 6.92 Å². The van der Waals surface area contributed by atoms with Gasteiger partial charge in [-0.25, -0.2) is 15.8 Å². The van der Waals surface area contributed by atoms with E-state index in [2.05, 4.69) is 15.4 Å². The summed E-state index contributed by atoms with van der Waals surface area (Å²) in [6.45, 7) is 1.98. The van der Waals surface area contributed by atoms with Gasteiger partial charge in [-0.15, -0.1) is 0 Å². The first-order chi connectivity index (χ1) is 9.67. The number of anilines is 1. The molecule has 0 aliphatic carbocycles. The minimum Gasteiger partial charge on any atom is -0.308 e. The third kappa shape index (κ3) is 2.31. The summed E-state index contributed by atoms with van der Waals surface area (Å²) in [5.74, 6) is 6.76. The van der Waals surface area contributed by atoms with Crippen LogP contribution in [0.4, 0.5) is 5.82 Å². The largest absolute Gasteiger partial charge is 0.308 e. The Morgan fingerprint density at radius 3 is 2.65 bits per heavy atom. The highest BCUT2D eigenvalue weighted by atomic mass is 35.5. The fraction of sp³-hybridized carbons (Fsp3) is 0.0667. The highest BCUT2D eigenvalue weighted by molar-refractivity contribution is 6.30. The Labute approximate surface area is 121 Å². The van der Waals surface area contributed by atoms with Gasteiger partial charge in [0.05, 0.1) is 5.52 Å². The Morgan fingerprint density at radius 1 is 1.10 bits per heavy atom. The van der Waals surface area contributed by atoms with Crippen LogP contribution in [0.5, 0.6) is 0 Å². The van der Waals surface area contributed by atoms with E-state index in [9.17, 15) is 0 Å². The Morgan fingerprint density at radius 2 is 1.90 bits per heavy atom. The smallest absolute Gasteiger partial charge is 0.162 e. The molecule has 0 amide bonds. The number of aryl methyl sites for hydroxylation is 1. The number of nitrogen functional groups attached to an aromatic ring is 1. The fourth-order valence-electron chi connectivity index (χ4n) is 2.18. The summed E-state index contributed by atoms with van der Waals surface area (Å²) in [7, 11) is 0. The maximum Gasteiger partial charge on any atom is 0.162 e. The number of hydrogen-bond donors (Lipinski definition) is 2. The van der Waals surface area contributed by atoms with Gasteiger partial charge in [0.15, 0.2) is 11.6 Å². The lowest BCUT2D eigenvalue weighted by Crippen LogP contribution is -2.10. The zero-order valence-electron chi connectivity index (χ0n) is 10.9. The predicted molar refractivity (Wildman–Crippen MR) is 82.5 cm³/mol. The van der Waals surface area contributed by atoms with Crippen LogP contribution in [0.2, 0.25) is 5.02 Å². The van der Waals surface area contributed by atoms with Gasteiger partial charge in [0.2, 0.25) is 0 Å². The molecular weight excluding hydrogens is 272 g/mol. The van der Waals surface area contributed by atoms with E-state index in [-0.39, 0.29) is 0 Å². The molecule has 100 valence electrons. The molecule has 0 fully saturated rings. The molecule has 5 heteroatoms. The quantitative estimate of drug-likeness (QED) is 0.558. The molecule has 4 nitrogen and oxygen atoms in total. The normalized spacial score (nSPS) is 10.8. The first kappa shape index (κ1) is 12.8. The fourth-order valence-corrected chi connectivity index (χ4v) is 2.47. The first-order valence-corrected chi connectivity index (χ1v) is 6.56. The van der Waals surface area contributed by atoms with Gasteiger partial charge in [-0.05, 0) is 42.8 Å². The van der Waals surface area contributed by atoms with Gasteiger partial charge in [-0.3, -0.25) is 0 Å². The molecule has 0 aliphatic heterocycles. The number of rotatable bonds is 2. The van der Waals surface area contributed by atoms with Crippen LogP contribution in [0.25, 0.3) is 22.3 Å². The molecule has 3 rings (SSSR count). The van der Waals surface area contributed by atoms with Crippen LogP contribution in [0.1, 0.15) is 5.56 Å². The second kappa shape index (κ2) is 5.07. The number of para-hydroxylation sites is 1. The van der Waals surface area contributed by atoms with Gasteiger partial charge in [-0.1, -0.05) is 23.7 Å². The molecule has 0 atom stereocenters. The third-order valence-electron chi connectivity index (χ3n) is 3.04. The zero-order chi connectivity index (χ0) is 14.1. The van der Waals surface area contributed by atoms with E-state index in [0.29, 0.717) is 16.7 Å². The summed E-state index contributed by atoms with van der Waals surface area (Å²) in [5, 5.41) is 1.55. The third-order valence-corrected chi connectivity index (χ3v) is 3.26. The molecule has 20 heavy (non-hydrogen) atoms. The van der Waals surface area contributed by atoms with E-state index in [4.69, 9.17) is 17.4 Å². The summed E-state index contributed by atoms with van der Waals surface area (Å²) < 4.78 is 0. The number of nitrogens with one attached hydrogen (secondary N) is 1. The van der Waals surface area contributed by atoms with Crippen LogP contribution in [-0.4, -0.2) is 9.97 Å². The SMILES string of the molecule is Cc1cc(Cl)cc(-c2nc(NN)c3ccccc3n2)c1. The Balaban J connectivity index is 2.26. The van der Waals surface area contributed by atoms with E-state index < -0.39 is 0 Å². The van der Waals surface area contributed by atoms with E-state index in [1.807, 2.05) is 49.4 Å². The molecular formula is C15H13ClN4. The molecule has 0 radical (unpaired) electrons. The lowest BCUT2D eigenvalue weighted by molar-refractivity contribution is 1.18. The molecule has 0 saturated carbocycles. The Kier molecular flexibility index (Phi) is 3.26. The van der Waals surface area contributed by atoms with E-state index >= 15 is 0 Å². The van der Waals surface area contributed by atoms with E-state index in [1.54, 1.807) is 0 Å². The number of halogens is 1. The average Bonchev–Trinajstić information content (AvgIpc) is 2.45. The van der Waals surface area contributed by atoms with Crippen molar-refractivity contribution in [3.8, 4) is 11.4 Å². The molecule has 3 N–H and O–H groups in total. The average molecular weight is 285 g/mol. The molecule has 1 heterocycles. The minimum absolute atomic E-state index is 0.599. The first-order valence-electron chi connectivity index (χ1n) is 6.18. The van der Waals surface area contributed by atoms with Crippen molar-refractivity contribution < 1.29 is 0 Å². The summed E-state index contributed by atoms with van der Waals surface area (Å²) in [4.78, 5) is 9.04. The van der Waals surface area contributed by atoms with Gasteiger partial charge in [0.1, 0.15) is 0 Å². The molecule has 0 bridgehead atoms. The summed E-state index contributed by atoms with van der Waals surface area (Å²) in [6.07, 6.45) is 0. The van der Waals surface area contributed by atoms with Gasteiger partial charge in [-0.2, -0.15) is 0 Å². The maximum atomic E-state index is 6.10. The number of hydrazine groups is 1. The maximum absolute atomic E-state index is 6.10. The summed E-state index contributed by atoms with van der Waals surface area (Å²) in [5.41, 5.74) is 5.40. The summed E-state index contributed by atoms with van der Waals surface area (Å²) >= 11 is 6.10. The van der Waals surface area contributed by atoms with Crippen LogP contribution in [-0.2, 0) is 0 Å². The topological polar surface area (TPSA) is 63.8 Å². The molecule has 0 unspecified atom stereocenters. The second-order valence-corrected chi connectivity index (χ2v) is 5.01. The van der Waals surface area contributed by atoms with Crippen LogP contribution < -0.4 is 11.3 Å². The van der Waals surface area contributed by atoms with Crippen molar-refractivity contribution in [2.75, 3.05) is 5.43 Å². The van der Waals surface area contributed by atoms with Crippen molar-refractivity contribution in [2.24, 2.45) is 5.84 Å². The predicted octanol–water partition coefficient (Wildman–Crippen LogP) is 3.54. The van der Waals surface area contributed by atoms with Crippen molar-refractivity contribution in [3.05, 3.63) is 53.1 Å². The van der Waals surface area contributed by atoms with Gasteiger partial charge in [0, 0.05) is 16.0 Å². The lowest BCUT2D eigenvalue weighted by Gasteiger charge is -2.08. The molecule has 0 aliphatic rings. The van der Waals surface area contributed by atoms with Crippen molar-refractivity contribution in [2.45, 2.75) is 6.92 Å². The highest BCUT2D eigenvalue weighted by Gasteiger charge is 2.09. The lowest BCUT2D eigenvalue weighted by atomic mass is 10.1. The highest BCUT2D eigenvalue weighted by Crippen LogP contribution is 2.26. The molecule has 2 aromatic carbocycles. The van der Waals surface area contributed by atoms with Gasteiger partial charge in [0.25, 0.3) is 0 Å². The Bertz CT molecular complexity index is 766. The van der Waals surface area contributed by atoms with Gasteiger partial charge < -0.3 is 5.43 Å². The minimum atomic E-state index is 0.599. The second-order valence-electron chi connectivity index (χ2n) is 4.57. The number of nitrogens with zero attached hydrogens (tertiary/aromatic N) is 2. The number of nitrogens with two attached hydrogens (primary N) is 1. The van der Waals surface area contributed by atoms with Crippen molar-refractivity contribution in [3.63, 3.8) is 0 Å². The standard InChI is InChI=1S/C15H13ClN4/c1-9-6-10(8-11(16)7-9)14-18-13-5-3-2-4-12(13)15(19-14)20-17/h2-8H,17H2,1H3,(H,18,19,20). The molecule has 3 aromatic rings. The number of hydrogen-bond acceptors (Lipinski definition) is 4. The van der Waals surface area contributed by atoms with Crippen LogP contribution in [0.15, 0.2) is 42.5 Å². The number of fused-ring (bicyclic) bond motifs is 1. The van der Waals surface area contributed by atoms with Crippen molar-refractivity contribution in [1.29, 1.82) is 0 Å². The van der Waals surface area contributed by atoms with Crippen molar-refractivity contribution in [1.82, 2.24) is 9.97 Å². The van der Waals surface area contributed by atoms with Crippen LogP contribution in [0.3, 0.4) is 0 Å². The van der Waals surface area contributed by atoms with E-state index in [0.717, 1.165) is 22.0 Å². The summed E-state index contributed by atoms with van der Waals surface area (Å²) in [6, 6.07) is 13.5. The molecule has 0 spiro atoms.